The van der Waals surface area contributed by atoms with Gasteiger partial charge in [-0.3, -0.25) is 9.78 Å². The zero-order valence-electron chi connectivity index (χ0n) is 9.98. The Morgan fingerprint density at radius 2 is 2.05 bits per heavy atom. The highest BCUT2D eigenvalue weighted by atomic mass is 19.1. The number of amides is 1. The monoisotopic (exact) mass is 264 g/mol. The molecule has 0 aliphatic heterocycles. The fourth-order valence-corrected chi connectivity index (χ4v) is 1.47. The third kappa shape index (κ3) is 2.85. The van der Waals surface area contributed by atoms with Crippen LogP contribution in [0.4, 0.5) is 14.5 Å². The smallest absolute Gasteiger partial charge is 0.258 e. The highest BCUT2D eigenvalue weighted by molar-refractivity contribution is 6.04. The fourth-order valence-electron chi connectivity index (χ4n) is 1.47. The molecule has 2 rings (SSSR count). The first-order chi connectivity index (χ1) is 9.11. The number of ether oxygens (including phenoxy) is 1. The molecule has 0 bridgehead atoms. The molecule has 0 aliphatic carbocycles. The number of carbonyl (C=O) groups is 1. The van der Waals surface area contributed by atoms with Gasteiger partial charge in [0.2, 0.25) is 0 Å². The first-order valence-corrected chi connectivity index (χ1v) is 5.36. The molecular weight excluding hydrogens is 254 g/mol. The van der Waals surface area contributed by atoms with Gasteiger partial charge >= 0.3 is 0 Å². The molecule has 0 saturated carbocycles. The summed E-state index contributed by atoms with van der Waals surface area (Å²) in [7, 11) is 1.39. The Bertz CT molecular complexity index is 617. The predicted molar refractivity (Wildman–Crippen MR) is 65.1 cm³/mol. The molecule has 0 aliphatic rings. The standard InChI is InChI=1S/C13H10F2N2O2/c1-19-8-2-3-9(10(14)6-8)13(18)17-12-4-5-16-7-11(12)15/h2-7H,1H3,(H,16,17,18). The molecule has 0 radical (unpaired) electrons. The van der Waals surface area contributed by atoms with Gasteiger partial charge in [0, 0.05) is 12.3 Å². The lowest BCUT2D eigenvalue weighted by Gasteiger charge is -2.07. The highest BCUT2D eigenvalue weighted by Crippen LogP contribution is 2.18. The van der Waals surface area contributed by atoms with Gasteiger partial charge in [-0.1, -0.05) is 0 Å². The third-order valence-electron chi connectivity index (χ3n) is 2.44. The van der Waals surface area contributed by atoms with Crippen LogP contribution in [0.3, 0.4) is 0 Å². The van der Waals surface area contributed by atoms with Crippen LogP contribution in [-0.2, 0) is 0 Å². The van der Waals surface area contributed by atoms with Crippen molar-refractivity contribution in [1.29, 1.82) is 0 Å². The van der Waals surface area contributed by atoms with Crippen LogP contribution in [0.2, 0.25) is 0 Å². The minimum atomic E-state index is -0.745. The minimum absolute atomic E-state index is 0.0600. The Kier molecular flexibility index (Phi) is 3.70. The normalized spacial score (nSPS) is 10.1. The lowest BCUT2D eigenvalue weighted by Crippen LogP contribution is -2.14. The van der Waals surface area contributed by atoms with Crippen LogP contribution in [0.15, 0.2) is 36.7 Å². The summed E-state index contributed by atoms with van der Waals surface area (Å²) in [5.74, 6) is -1.88. The zero-order chi connectivity index (χ0) is 13.8. The zero-order valence-corrected chi connectivity index (χ0v) is 9.98. The molecular formula is C13H10F2N2O2. The van der Waals surface area contributed by atoms with Crippen LogP contribution in [0.1, 0.15) is 10.4 Å². The van der Waals surface area contributed by atoms with Gasteiger partial charge in [-0.05, 0) is 18.2 Å². The van der Waals surface area contributed by atoms with Gasteiger partial charge in [0.1, 0.15) is 11.6 Å². The molecule has 0 unspecified atom stereocenters. The molecule has 98 valence electrons. The molecule has 19 heavy (non-hydrogen) atoms. The van der Waals surface area contributed by atoms with E-state index in [1.807, 2.05) is 0 Å². The first kappa shape index (κ1) is 12.9. The maximum atomic E-state index is 13.6. The van der Waals surface area contributed by atoms with E-state index in [2.05, 4.69) is 10.3 Å². The number of carbonyl (C=O) groups excluding carboxylic acids is 1. The van der Waals surface area contributed by atoms with Crippen LogP contribution in [-0.4, -0.2) is 18.0 Å². The van der Waals surface area contributed by atoms with Crippen LogP contribution in [0.5, 0.6) is 5.75 Å². The Morgan fingerprint density at radius 1 is 1.26 bits per heavy atom. The topological polar surface area (TPSA) is 51.2 Å². The van der Waals surface area contributed by atoms with E-state index < -0.39 is 17.5 Å². The molecule has 4 nitrogen and oxygen atoms in total. The highest BCUT2D eigenvalue weighted by Gasteiger charge is 2.14. The summed E-state index contributed by atoms with van der Waals surface area (Å²) in [5, 5.41) is 2.27. The van der Waals surface area contributed by atoms with Crippen LogP contribution in [0.25, 0.3) is 0 Å². The van der Waals surface area contributed by atoms with Gasteiger partial charge in [0.15, 0.2) is 5.82 Å². The third-order valence-corrected chi connectivity index (χ3v) is 2.44. The van der Waals surface area contributed by atoms with E-state index in [4.69, 9.17) is 4.74 Å². The lowest BCUT2D eigenvalue weighted by molar-refractivity contribution is 0.102. The number of nitrogens with one attached hydrogen (secondary N) is 1. The van der Waals surface area contributed by atoms with Gasteiger partial charge < -0.3 is 10.1 Å². The van der Waals surface area contributed by atoms with E-state index >= 15 is 0 Å². The van der Waals surface area contributed by atoms with Crippen molar-refractivity contribution in [3.8, 4) is 5.75 Å². The summed E-state index contributed by atoms with van der Waals surface area (Å²) in [6.07, 6.45) is 2.28. The molecule has 0 saturated heterocycles. The number of hydrogen-bond donors (Lipinski definition) is 1. The lowest BCUT2D eigenvalue weighted by atomic mass is 10.2. The minimum Gasteiger partial charge on any atom is -0.497 e. The van der Waals surface area contributed by atoms with Crippen molar-refractivity contribution < 1.29 is 18.3 Å². The van der Waals surface area contributed by atoms with E-state index in [1.54, 1.807) is 0 Å². The Balaban J connectivity index is 2.23. The molecule has 0 fully saturated rings. The molecule has 1 N–H and O–H groups in total. The van der Waals surface area contributed by atoms with Crippen molar-refractivity contribution >= 4 is 11.6 Å². The maximum absolute atomic E-state index is 13.6. The summed E-state index contributed by atoms with van der Waals surface area (Å²) >= 11 is 0. The van der Waals surface area contributed by atoms with E-state index in [1.165, 1.54) is 31.5 Å². The summed E-state index contributed by atoms with van der Waals surface area (Å²) in [6, 6.07) is 5.08. The number of methoxy groups -OCH3 is 1. The van der Waals surface area contributed by atoms with Gasteiger partial charge in [-0.15, -0.1) is 0 Å². The molecule has 1 amide bonds. The average Bonchev–Trinajstić information content (AvgIpc) is 2.41. The van der Waals surface area contributed by atoms with Crippen molar-refractivity contribution in [1.82, 2.24) is 4.98 Å². The number of halogens is 2. The Morgan fingerprint density at radius 3 is 2.68 bits per heavy atom. The Hall–Kier alpha value is -2.50. The molecule has 1 heterocycles. The van der Waals surface area contributed by atoms with Crippen molar-refractivity contribution in [2.75, 3.05) is 12.4 Å². The van der Waals surface area contributed by atoms with Crippen molar-refractivity contribution in [2.45, 2.75) is 0 Å². The maximum Gasteiger partial charge on any atom is 0.258 e. The summed E-state index contributed by atoms with van der Waals surface area (Å²) in [6.45, 7) is 0. The van der Waals surface area contributed by atoms with Gasteiger partial charge in [-0.2, -0.15) is 0 Å². The van der Waals surface area contributed by atoms with Gasteiger partial charge in [0.05, 0.1) is 24.6 Å². The van der Waals surface area contributed by atoms with E-state index in [-0.39, 0.29) is 11.3 Å². The predicted octanol–water partition coefficient (Wildman–Crippen LogP) is 2.62. The molecule has 0 spiro atoms. The van der Waals surface area contributed by atoms with Gasteiger partial charge in [-0.25, -0.2) is 8.78 Å². The molecule has 6 heteroatoms. The number of hydrogen-bond acceptors (Lipinski definition) is 3. The van der Waals surface area contributed by atoms with Gasteiger partial charge in [0.25, 0.3) is 5.91 Å². The second kappa shape index (κ2) is 5.43. The van der Waals surface area contributed by atoms with E-state index in [0.717, 1.165) is 12.3 Å². The van der Waals surface area contributed by atoms with Crippen LogP contribution >= 0.6 is 0 Å². The first-order valence-electron chi connectivity index (χ1n) is 5.36. The fraction of sp³-hybridized carbons (Fsp3) is 0.0769. The number of rotatable bonds is 3. The number of aromatic nitrogens is 1. The van der Waals surface area contributed by atoms with E-state index in [0.29, 0.717) is 5.75 Å². The van der Waals surface area contributed by atoms with Crippen molar-refractivity contribution in [3.63, 3.8) is 0 Å². The molecule has 2 aromatic rings. The Labute approximate surface area is 108 Å². The number of anilines is 1. The van der Waals surface area contributed by atoms with Crippen LogP contribution < -0.4 is 10.1 Å². The van der Waals surface area contributed by atoms with Crippen molar-refractivity contribution in [2.24, 2.45) is 0 Å². The number of benzene rings is 1. The largest absolute Gasteiger partial charge is 0.497 e. The summed E-state index contributed by atoms with van der Waals surface area (Å²) in [5.41, 5.74) is -0.257. The molecule has 1 aromatic carbocycles. The summed E-state index contributed by atoms with van der Waals surface area (Å²) in [4.78, 5) is 15.4. The van der Waals surface area contributed by atoms with E-state index in [9.17, 15) is 13.6 Å². The number of pyridine rings is 1. The quantitative estimate of drug-likeness (QED) is 0.927. The average molecular weight is 264 g/mol. The second-order valence-corrected chi connectivity index (χ2v) is 3.66. The molecule has 0 atom stereocenters. The SMILES string of the molecule is COc1ccc(C(=O)Nc2ccncc2F)c(F)c1. The summed E-state index contributed by atoms with van der Waals surface area (Å²) < 4.78 is 31.8. The van der Waals surface area contributed by atoms with Crippen LogP contribution in [0, 0.1) is 11.6 Å². The number of nitrogens with zero attached hydrogens (tertiary/aromatic N) is 1. The molecule has 1 aromatic heterocycles. The van der Waals surface area contributed by atoms with Crippen molar-refractivity contribution in [3.05, 3.63) is 53.9 Å². The second-order valence-electron chi connectivity index (χ2n) is 3.66.